The van der Waals surface area contributed by atoms with Gasteiger partial charge in [-0.05, 0) is 43.4 Å². The minimum atomic E-state index is 0.270. The normalized spacial score (nSPS) is 31.8. The van der Waals surface area contributed by atoms with E-state index in [0.717, 1.165) is 10.1 Å². The van der Waals surface area contributed by atoms with Crippen molar-refractivity contribution in [1.82, 2.24) is 4.90 Å². The lowest BCUT2D eigenvalue weighted by atomic mass is 10.0. The van der Waals surface area contributed by atoms with E-state index in [1.807, 2.05) is 29.3 Å². The number of fused-ring (bicyclic) bond motifs is 2. The molecule has 1 aromatic rings. The summed E-state index contributed by atoms with van der Waals surface area (Å²) in [6, 6.07) is 4.92. The summed E-state index contributed by atoms with van der Waals surface area (Å²) in [6.07, 6.45) is 6.99. The van der Waals surface area contributed by atoms with Crippen LogP contribution in [0.5, 0.6) is 0 Å². The third-order valence-electron chi connectivity index (χ3n) is 3.99. The number of rotatable bonds is 2. The quantitative estimate of drug-likeness (QED) is 0.820. The molecule has 2 fully saturated rings. The van der Waals surface area contributed by atoms with Gasteiger partial charge in [0.2, 0.25) is 0 Å². The van der Waals surface area contributed by atoms with Gasteiger partial charge in [0.15, 0.2) is 0 Å². The van der Waals surface area contributed by atoms with Gasteiger partial charge in [-0.15, -0.1) is 11.3 Å². The molecule has 2 saturated heterocycles. The fourth-order valence-electron chi connectivity index (χ4n) is 3.18. The van der Waals surface area contributed by atoms with Crippen molar-refractivity contribution >= 4 is 29.0 Å². The molecule has 0 aromatic carbocycles. The summed E-state index contributed by atoms with van der Waals surface area (Å²) in [5.74, 6) is 0.270. The van der Waals surface area contributed by atoms with E-state index in [9.17, 15) is 4.79 Å². The van der Waals surface area contributed by atoms with Gasteiger partial charge < -0.3 is 4.90 Å². The molecule has 4 heteroatoms. The first-order valence-corrected chi connectivity index (χ1v) is 8.35. The lowest BCUT2D eigenvalue weighted by Crippen LogP contribution is -2.47. The highest BCUT2D eigenvalue weighted by Gasteiger charge is 2.43. The van der Waals surface area contributed by atoms with E-state index in [1.165, 1.54) is 25.7 Å². The zero-order valence-corrected chi connectivity index (χ0v) is 11.6. The number of amides is 1. The molecule has 2 unspecified atom stereocenters. The van der Waals surface area contributed by atoms with Crippen molar-refractivity contribution in [3.05, 3.63) is 22.4 Å². The Bertz CT molecular complexity index is 390. The van der Waals surface area contributed by atoms with Crippen molar-refractivity contribution in [2.24, 2.45) is 0 Å². The van der Waals surface area contributed by atoms with Gasteiger partial charge in [0.1, 0.15) is 0 Å². The van der Waals surface area contributed by atoms with Crippen LogP contribution in [0.3, 0.4) is 0 Å². The largest absolute Gasteiger partial charge is 0.332 e. The minimum absolute atomic E-state index is 0.270. The Hall–Kier alpha value is -0.480. The van der Waals surface area contributed by atoms with E-state index >= 15 is 0 Å². The molecule has 0 spiro atoms. The highest BCUT2D eigenvalue weighted by Crippen LogP contribution is 2.40. The Morgan fingerprint density at radius 3 is 2.65 bits per heavy atom. The first kappa shape index (κ1) is 11.6. The topological polar surface area (TPSA) is 20.3 Å². The Kier molecular flexibility index (Phi) is 3.17. The van der Waals surface area contributed by atoms with Crippen LogP contribution in [-0.4, -0.2) is 34.4 Å². The summed E-state index contributed by atoms with van der Waals surface area (Å²) < 4.78 is 0. The maximum atomic E-state index is 12.4. The van der Waals surface area contributed by atoms with Crippen LogP contribution in [0.15, 0.2) is 17.5 Å². The SMILES string of the molecule is CSC1CC2CCC(C1)N2C(=O)c1cccs1. The number of hydrogen-bond donors (Lipinski definition) is 0. The van der Waals surface area contributed by atoms with Gasteiger partial charge >= 0.3 is 0 Å². The van der Waals surface area contributed by atoms with E-state index in [0.29, 0.717) is 12.1 Å². The van der Waals surface area contributed by atoms with E-state index in [-0.39, 0.29) is 5.91 Å². The molecule has 2 atom stereocenters. The third kappa shape index (κ3) is 2.02. The van der Waals surface area contributed by atoms with E-state index < -0.39 is 0 Å². The van der Waals surface area contributed by atoms with Gasteiger partial charge in [0.25, 0.3) is 5.91 Å². The lowest BCUT2D eigenvalue weighted by Gasteiger charge is -2.38. The van der Waals surface area contributed by atoms with Crippen molar-refractivity contribution < 1.29 is 4.79 Å². The molecular formula is C13H17NOS2. The van der Waals surface area contributed by atoms with Gasteiger partial charge in [-0.1, -0.05) is 6.07 Å². The van der Waals surface area contributed by atoms with E-state index in [1.54, 1.807) is 11.3 Å². The van der Waals surface area contributed by atoms with Gasteiger partial charge in [0, 0.05) is 17.3 Å². The maximum absolute atomic E-state index is 12.4. The Labute approximate surface area is 110 Å². The van der Waals surface area contributed by atoms with Crippen molar-refractivity contribution in [1.29, 1.82) is 0 Å². The van der Waals surface area contributed by atoms with Crippen molar-refractivity contribution in [3.8, 4) is 0 Å². The Balaban J connectivity index is 1.79. The number of nitrogens with zero attached hydrogens (tertiary/aromatic N) is 1. The highest BCUT2D eigenvalue weighted by atomic mass is 32.2. The average Bonchev–Trinajstić information content (AvgIpc) is 2.95. The third-order valence-corrected chi connectivity index (χ3v) is 5.90. The molecule has 2 aliphatic rings. The maximum Gasteiger partial charge on any atom is 0.264 e. The molecule has 0 aliphatic carbocycles. The predicted molar refractivity (Wildman–Crippen MR) is 73.8 cm³/mol. The van der Waals surface area contributed by atoms with Gasteiger partial charge in [-0.3, -0.25) is 4.79 Å². The van der Waals surface area contributed by atoms with Gasteiger partial charge in [-0.2, -0.15) is 11.8 Å². The molecule has 2 bridgehead atoms. The number of thioether (sulfide) groups is 1. The minimum Gasteiger partial charge on any atom is -0.332 e. The summed E-state index contributed by atoms with van der Waals surface area (Å²) in [5, 5.41) is 2.75. The number of carbonyl (C=O) groups excluding carboxylic acids is 1. The second-order valence-electron chi connectivity index (χ2n) is 4.90. The van der Waals surface area contributed by atoms with Crippen LogP contribution < -0.4 is 0 Å². The van der Waals surface area contributed by atoms with Crippen LogP contribution in [0, 0.1) is 0 Å². The molecule has 92 valence electrons. The molecule has 1 aromatic heterocycles. The fourth-order valence-corrected chi connectivity index (χ4v) is 4.67. The Morgan fingerprint density at radius 1 is 1.41 bits per heavy atom. The molecule has 17 heavy (non-hydrogen) atoms. The average molecular weight is 267 g/mol. The predicted octanol–water partition coefficient (Wildman–Crippen LogP) is 3.25. The van der Waals surface area contributed by atoms with E-state index in [2.05, 4.69) is 11.2 Å². The van der Waals surface area contributed by atoms with Crippen LogP contribution in [0.4, 0.5) is 0 Å². The monoisotopic (exact) mass is 267 g/mol. The van der Waals surface area contributed by atoms with Crippen LogP contribution in [0.25, 0.3) is 0 Å². The van der Waals surface area contributed by atoms with Crippen molar-refractivity contribution in [3.63, 3.8) is 0 Å². The molecule has 0 saturated carbocycles. The molecule has 1 amide bonds. The molecule has 3 rings (SSSR count). The van der Waals surface area contributed by atoms with Crippen LogP contribution in [0.1, 0.15) is 35.4 Å². The van der Waals surface area contributed by atoms with Crippen LogP contribution in [-0.2, 0) is 0 Å². The zero-order valence-electron chi connectivity index (χ0n) is 9.96. The highest BCUT2D eigenvalue weighted by molar-refractivity contribution is 7.99. The lowest BCUT2D eigenvalue weighted by molar-refractivity contribution is 0.0607. The fraction of sp³-hybridized carbons (Fsp3) is 0.615. The van der Waals surface area contributed by atoms with Crippen molar-refractivity contribution in [2.75, 3.05) is 6.26 Å². The first-order valence-electron chi connectivity index (χ1n) is 6.18. The van der Waals surface area contributed by atoms with Crippen molar-refractivity contribution in [2.45, 2.75) is 43.0 Å². The number of thiophene rings is 1. The number of piperidine rings is 1. The summed E-state index contributed by atoms with van der Waals surface area (Å²) in [6.45, 7) is 0. The molecular weight excluding hydrogens is 250 g/mol. The summed E-state index contributed by atoms with van der Waals surface area (Å²) in [7, 11) is 0. The zero-order chi connectivity index (χ0) is 11.8. The first-order chi connectivity index (χ1) is 8.29. The molecule has 2 aliphatic heterocycles. The van der Waals surface area contributed by atoms with E-state index in [4.69, 9.17) is 0 Å². The second-order valence-corrected chi connectivity index (χ2v) is 6.99. The molecule has 0 radical (unpaired) electrons. The summed E-state index contributed by atoms with van der Waals surface area (Å²) in [5.41, 5.74) is 0. The molecule has 0 N–H and O–H groups in total. The second kappa shape index (κ2) is 4.65. The van der Waals surface area contributed by atoms with Gasteiger partial charge in [-0.25, -0.2) is 0 Å². The van der Waals surface area contributed by atoms with Crippen LogP contribution in [0.2, 0.25) is 0 Å². The molecule has 3 heterocycles. The summed E-state index contributed by atoms with van der Waals surface area (Å²) in [4.78, 5) is 15.5. The van der Waals surface area contributed by atoms with Gasteiger partial charge in [0.05, 0.1) is 4.88 Å². The Morgan fingerprint density at radius 2 is 2.12 bits per heavy atom. The molecule has 2 nitrogen and oxygen atoms in total. The standard InChI is InChI=1S/C13H17NOS2/c1-16-11-7-9-4-5-10(8-11)14(9)13(15)12-3-2-6-17-12/h2-3,6,9-11H,4-5,7-8H2,1H3. The number of carbonyl (C=O) groups is 1. The smallest absolute Gasteiger partial charge is 0.264 e. The summed E-state index contributed by atoms with van der Waals surface area (Å²) >= 11 is 3.54. The van der Waals surface area contributed by atoms with Crippen LogP contribution >= 0.6 is 23.1 Å². The number of hydrogen-bond acceptors (Lipinski definition) is 3.